The standard InChI is InChI=1S/C15H14BrNO3S2/c16-11-6-7-15-13(10-11)17(8-3-9-22(18,19)20)12-4-1-2-5-14(12)21-15/h1-2,4-7,10H,3,8-9H2,(H,18,19,20). The van der Waals surface area contributed by atoms with E-state index in [1.165, 1.54) is 0 Å². The van der Waals surface area contributed by atoms with Crippen molar-refractivity contribution in [3.05, 3.63) is 46.9 Å². The molecule has 0 saturated heterocycles. The van der Waals surface area contributed by atoms with Gasteiger partial charge in [0.1, 0.15) is 0 Å². The molecule has 0 unspecified atom stereocenters. The maximum Gasteiger partial charge on any atom is 0.264 e. The number of hydrogen-bond donors (Lipinski definition) is 1. The molecular weight excluding hydrogens is 386 g/mol. The number of halogens is 1. The van der Waals surface area contributed by atoms with Crippen molar-refractivity contribution in [2.45, 2.75) is 16.2 Å². The molecule has 0 bridgehead atoms. The van der Waals surface area contributed by atoms with E-state index in [4.69, 9.17) is 4.55 Å². The Hall–Kier alpha value is -1.02. The van der Waals surface area contributed by atoms with Crippen LogP contribution < -0.4 is 4.90 Å². The van der Waals surface area contributed by atoms with Crippen molar-refractivity contribution < 1.29 is 13.0 Å². The SMILES string of the molecule is O=S(=O)(O)CCCN1c2ccccc2Sc2ccc(Br)cc21. The van der Waals surface area contributed by atoms with Crippen LogP contribution in [0, 0.1) is 0 Å². The van der Waals surface area contributed by atoms with Gasteiger partial charge in [0, 0.05) is 20.8 Å². The van der Waals surface area contributed by atoms with Gasteiger partial charge in [0.05, 0.1) is 17.1 Å². The van der Waals surface area contributed by atoms with Crippen LogP contribution in [0.5, 0.6) is 0 Å². The summed E-state index contributed by atoms with van der Waals surface area (Å²) in [6, 6.07) is 14.1. The largest absolute Gasteiger partial charge is 0.340 e. The minimum Gasteiger partial charge on any atom is -0.340 e. The molecule has 22 heavy (non-hydrogen) atoms. The smallest absolute Gasteiger partial charge is 0.264 e. The van der Waals surface area contributed by atoms with E-state index < -0.39 is 10.1 Å². The molecule has 116 valence electrons. The maximum absolute atomic E-state index is 10.9. The van der Waals surface area contributed by atoms with Gasteiger partial charge >= 0.3 is 0 Å². The second-order valence-electron chi connectivity index (χ2n) is 4.97. The Morgan fingerprint density at radius 1 is 1.09 bits per heavy atom. The minimum atomic E-state index is -3.93. The summed E-state index contributed by atoms with van der Waals surface area (Å²) in [6.45, 7) is 0.529. The highest BCUT2D eigenvalue weighted by Gasteiger charge is 2.23. The molecule has 2 aromatic rings. The second-order valence-corrected chi connectivity index (χ2v) is 8.54. The summed E-state index contributed by atoms with van der Waals surface area (Å²) in [5.41, 5.74) is 2.11. The monoisotopic (exact) mass is 399 g/mol. The fraction of sp³-hybridized carbons (Fsp3) is 0.200. The molecule has 1 aliphatic heterocycles. The number of fused-ring (bicyclic) bond motifs is 2. The first-order valence-corrected chi connectivity index (χ1v) is 9.95. The average molecular weight is 400 g/mol. The van der Waals surface area contributed by atoms with Crippen LogP contribution in [-0.4, -0.2) is 25.3 Å². The molecule has 4 nitrogen and oxygen atoms in total. The molecule has 3 rings (SSSR count). The number of hydrogen-bond acceptors (Lipinski definition) is 4. The topological polar surface area (TPSA) is 57.6 Å². The predicted molar refractivity (Wildman–Crippen MR) is 92.7 cm³/mol. The number of anilines is 2. The number of benzene rings is 2. The summed E-state index contributed by atoms with van der Waals surface area (Å²) in [4.78, 5) is 4.38. The van der Waals surface area contributed by atoms with Gasteiger partial charge in [-0.1, -0.05) is 39.8 Å². The summed E-state index contributed by atoms with van der Waals surface area (Å²) in [5, 5.41) is 0. The van der Waals surface area contributed by atoms with Crippen molar-refractivity contribution in [2.75, 3.05) is 17.2 Å². The number of para-hydroxylation sites is 1. The van der Waals surface area contributed by atoms with Crippen molar-refractivity contribution in [3.63, 3.8) is 0 Å². The van der Waals surface area contributed by atoms with Crippen LogP contribution in [0.25, 0.3) is 0 Å². The first-order valence-electron chi connectivity index (χ1n) is 6.73. The third-order valence-corrected chi connectivity index (χ3v) is 5.80. The van der Waals surface area contributed by atoms with Crippen molar-refractivity contribution in [1.82, 2.24) is 0 Å². The number of nitrogens with zero attached hydrogens (tertiary/aromatic N) is 1. The third kappa shape index (κ3) is 3.48. The summed E-state index contributed by atoms with van der Waals surface area (Å²) < 4.78 is 31.8. The van der Waals surface area contributed by atoms with E-state index in [9.17, 15) is 8.42 Å². The Bertz CT molecular complexity index is 808. The van der Waals surface area contributed by atoms with Crippen LogP contribution in [0.3, 0.4) is 0 Å². The Morgan fingerprint density at radius 3 is 2.59 bits per heavy atom. The van der Waals surface area contributed by atoms with E-state index in [1.807, 2.05) is 30.3 Å². The highest BCUT2D eigenvalue weighted by molar-refractivity contribution is 9.10. The highest BCUT2D eigenvalue weighted by Crippen LogP contribution is 2.48. The zero-order chi connectivity index (χ0) is 15.7. The van der Waals surface area contributed by atoms with Gasteiger partial charge in [-0.3, -0.25) is 4.55 Å². The first kappa shape index (κ1) is 15.9. The molecule has 0 fully saturated rings. The lowest BCUT2D eigenvalue weighted by Gasteiger charge is -2.32. The Balaban J connectivity index is 1.95. The first-order chi connectivity index (χ1) is 10.4. The summed E-state index contributed by atoms with van der Waals surface area (Å²) in [7, 11) is -3.93. The van der Waals surface area contributed by atoms with Crippen molar-refractivity contribution in [1.29, 1.82) is 0 Å². The third-order valence-electron chi connectivity index (χ3n) is 3.37. The lowest BCUT2D eigenvalue weighted by Crippen LogP contribution is -2.23. The Kier molecular flexibility index (Phi) is 4.49. The predicted octanol–water partition coefficient (Wildman–Crippen LogP) is 4.33. The van der Waals surface area contributed by atoms with E-state index in [0.29, 0.717) is 13.0 Å². The molecule has 0 aliphatic carbocycles. The quantitative estimate of drug-likeness (QED) is 0.775. The van der Waals surface area contributed by atoms with Crippen molar-refractivity contribution >= 4 is 49.2 Å². The fourth-order valence-electron chi connectivity index (χ4n) is 2.45. The van der Waals surface area contributed by atoms with Gasteiger partial charge in [0.15, 0.2) is 0 Å². The zero-order valence-corrected chi connectivity index (χ0v) is 14.8. The minimum absolute atomic E-state index is 0.234. The van der Waals surface area contributed by atoms with Gasteiger partial charge in [-0.2, -0.15) is 8.42 Å². The van der Waals surface area contributed by atoms with Crippen LogP contribution in [-0.2, 0) is 10.1 Å². The molecule has 0 radical (unpaired) electrons. The molecule has 2 aromatic carbocycles. The maximum atomic E-state index is 10.9. The van der Waals surface area contributed by atoms with Gasteiger partial charge in [0.25, 0.3) is 10.1 Å². The van der Waals surface area contributed by atoms with Crippen molar-refractivity contribution in [3.8, 4) is 0 Å². The average Bonchev–Trinajstić information content (AvgIpc) is 2.46. The molecule has 0 spiro atoms. The Labute approximate surface area is 142 Å². The fourth-order valence-corrected chi connectivity index (χ4v) is 4.37. The summed E-state index contributed by atoms with van der Waals surface area (Å²) in [6.07, 6.45) is 0.365. The van der Waals surface area contributed by atoms with E-state index in [-0.39, 0.29) is 5.75 Å². The number of rotatable bonds is 4. The molecule has 0 atom stereocenters. The van der Waals surface area contributed by atoms with E-state index in [2.05, 4.69) is 33.0 Å². The highest BCUT2D eigenvalue weighted by atomic mass is 79.9. The van der Waals surface area contributed by atoms with Gasteiger partial charge in [-0.15, -0.1) is 0 Å². The lowest BCUT2D eigenvalue weighted by atomic mass is 10.2. The van der Waals surface area contributed by atoms with E-state index >= 15 is 0 Å². The Morgan fingerprint density at radius 2 is 1.82 bits per heavy atom. The molecule has 0 aromatic heterocycles. The molecule has 0 amide bonds. The molecule has 7 heteroatoms. The van der Waals surface area contributed by atoms with E-state index in [0.717, 1.165) is 25.6 Å². The molecular formula is C15H14BrNO3S2. The van der Waals surface area contributed by atoms with Crippen LogP contribution in [0.2, 0.25) is 0 Å². The normalized spacial score (nSPS) is 13.6. The zero-order valence-electron chi connectivity index (χ0n) is 11.6. The molecule has 0 saturated carbocycles. The van der Waals surface area contributed by atoms with Gasteiger partial charge < -0.3 is 4.90 Å². The second kappa shape index (κ2) is 6.23. The van der Waals surface area contributed by atoms with Gasteiger partial charge in [-0.05, 0) is 36.8 Å². The lowest BCUT2D eigenvalue weighted by molar-refractivity contribution is 0.481. The molecule has 1 aliphatic rings. The van der Waals surface area contributed by atoms with Crippen LogP contribution in [0.15, 0.2) is 56.7 Å². The van der Waals surface area contributed by atoms with Crippen LogP contribution in [0.4, 0.5) is 11.4 Å². The van der Waals surface area contributed by atoms with Gasteiger partial charge in [0.2, 0.25) is 0 Å². The van der Waals surface area contributed by atoms with E-state index in [1.54, 1.807) is 11.8 Å². The van der Waals surface area contributed by atoms with Crippen LogP contribution in [0.1, 0.15) is 6.42 Å². The summed E-state index contributed by atoms with van der Waals surface area (Å²) >= 11 is 5.19. The van der Waals surface area contributed by atoms with Gasteiger partial charge in [-0.25, -0.2) is 0 Å². The molecule has 1 heterocycles. The molecule has 1 N–H and O–H groups in total. The van der Waals surface area contributed by atoms with Crippen molar-refractivity contribution in [2.24, 2.45) is 0 Å². The summed E-state index contributed by atoms with van der Waals surface area (Å²) in [5.74, 6) is -0.234. The van der Waals surface area contributed by atoms with Crippen LogP contribution >= 0.6 is 27.7 Å².